The van der Waals surface area contributed by atoms with E-state index in [1.807, 2.05) is 30.4 Å². The molecule has 0 amide bonds. The number of aromatic amines is 1. The number of nitrogens with zero attached hydrogens (tertiary/aromatic N) is 3. The molecule has 2 aromatic rings. The van der Waals surface area contributed by atoms with Crippen LogP contribution in [-0.4, -0.2) is 30.8 Å². The van der Waals surface area contributed by atoms with Gasteiger partial charge in [-0.3, -0.25) is 9.25 Å². The molecule has 2 aromatic heterocycles. The fourth-order valence-electron chi connectivity index (χ4n) is 2.60. The molecular weight excluding hydrogens is 252 g/mol. The van der Waals surface area contributed by atoms with E-state index in [4.69, 9.17) is 12.2 Å². The van der Waals surface area contributed by atoms with E-state index >= 15 is 0 Å². The van der Waals surface area contributed by atoms with Gasteiger partial charge in [-0.1, -0.05) is 0 Å². The fraction of sp³-hybridized carbons (Fsp3) is 0.636. The predicted molar refractivity (Wildman–Crippen MR) is 74.2 cm³/mol. The predicted octanol–water partition coefficient (Wildman–Crippen LogP) is 2.81. The summed E-state index contributed by atoms with van der Waals surface area (Å²) >= 11 is 7.48. The first kappa shape index (κ1) is 11.3. The molecule has 1 aliphatic rings. The van der Waals surface area contributed by atoms with Crippen molar-refractivity contribution in [3.05, 3.63) is 10.5 Å². The molecule has 92 valence electrons. The summed E-state index contributed by atoms with van der Waals surface area (Å²) in [6, 6.07) is 0.518. The zero-order valence-corrected chi connectivity index (χ0v) is 11.7. The Morgan fingerprint density at radius 3 is 3.06 bits per heavy atom. The van der Waals surface area contributed by atoms with Crippen LogP contribution in [0.2, 0.25) is 0 Å². The van der Waals surface area contributed by atoms with E-state index in [-0.39, 0.29) is 0 Å². The summed E-state index contributed by atoms with van der Waals surface area (Å²) in [6.45, 7) is 2.02. The van der Waals surface area contributed by atoms with Crippen LogP contribution < -0.4 is 0 Å². The maximum atomic E-state index is 5.46. The van der Waals surface area contributed by atoms with Crippen molar-refractivity contribution < 1.29 is 0 Å². The Labute approximate surface area is 109 Å². The van der Waals surface area contributed by atoms with Crippen molar-refractivity contribution in [1.29, 1.82) is 0 Å². The quantitative estimate of drug-likeness (QED) is 0.808. The Hall–Kier alpha value is -0.750. The van der Waals surface area contributed by atoms with Gasteiger partial charge in [-0.05, 0) is 37.7 Å². The first-order valence-corrected chi connectivity index (χ1v) is 7.46. The molecule has 6 heteroatoms. The molecule has 4 nitrogen and oxygen atoms in total. The summed E-state index contributed by atoms with van der Waals surface area (Å²) in [5.74, 6) is 2.44. The van der Waals surface area contributed by atoms with Gasteiger partial charge in [0.05, 0.1) is 5.69 Å². The Balaban J connectivity index is 2.20. The maximum absolute atomic E-state index is 5.46. The lowest BCUT2D eigenvalue weighted by molar-refractivity contribution is 0.497. The lowest BCUT2D eigenvalue weighted by Crippen LogP contribution is -2.17. The fourth-order valence-corrected chi connectivity index (χ4v) is 4.06. The molecular formula is C11H16N4S2. The summed E-state index contributed by atoms with van der Waals surface area (Å²) in [6.07, 6.45) is 2.50. The van der Waals surface area contributed by atoms with Crippen LogP contribution >= 0.6 is 24.0 Å². The van der Waals surface area contributed by atoms with Crippen LogP contribution in [0.15, 0.2) is 0 Å². The van der Waals surface area contributed by atoms with Crippen LogP contribution in [0, 0.1) is 11.7 Å². The van der Waals surface area contributed by atoms with E-state index in [1.54, 1.807) is 0 Å². The summed E-state index contributed by atoms with van der Waals surface area (Å²) in [5, 5.41) is 4.46. The van der Waals surface area contributed by atoms with Gasteiger partial charge in [-0.25, -0.2) is 0 Å². The van der Waals surface area contributed by atoms with E-state index in [0.29, 0.717) is 6.04 Å². The number of fused-ring (bicyclic) bond motifs is 1. The molecule has 1 N–H and O–H groups in total. The summed E-state index contributed by atoms with van der Waals surface area (Å²) in [5.41, 5.74) is 3.25. The van der Waals surface area contributed by atoms with Crippen LogP contribution in [0.5, 0.6) is 0 Å². The maximum Gasteiger partial charge on any atom is 0.179 e. The Bertz CT molecular complexity index is 601. The van der Waals surface area contributed by atoms with Crippen molar-refractivity contribution >= 4 is 35.1 Å². The number of imidazole rings is 1. The molecule has 17 heavy (non-hydrogen) atoms. The van der Waals surface area contributed by atoms with Crippen molar-refractivity contribution in [2.75, 3.05) is 11.5 Å². The minimum absolute atomic E-state index is 0.518. The van der Waals surface area contributed by atoms with Gasteiger partial charge in [0.25, 0.3) is 0 Å². The molecule has 0 radical (unpaired) electrons. The number of thioether (sulfide) groups is 1. The van der Waals surface area contributed by atoms with Crippen LogP contribution in [0.1, 0.15) is 24.6 Å². The molecule has 0 aliphatic carbocycles. The topological polar surface area (TPSA) is 38.5 Å². The smallest absolute Gasteiger partial charge is 0.179 e. The van der Waals surface area contributed by atoms with E-state index < -0.39 is 0 Å². The van der Waals surface area contributed by atoms with Gasteiger partial charge >= 0.3 is 0 Å². The average Bonchev–Trinajstić information content (AvgIpc) is 2.79. The number of rotatable bonds is 1. The van der Waals surface area contributed by atoms with Crippen molar-refractivity contribution in [1.82, 2.24) is 19.3 Å². The first-order chi connectivity index (χ1) is 8.18. The van der Waals surface area contributed by atoms with Gasteiger partial charge in [0, 0.05) is 18.8 Å². The molecule has 0 spiro atoms. The van der Waals surface area contributed by atoms with Crippen molar-refractivity contribution in [2.45, 2.75) is 25.8 Å². The highest BCUT2D eigenvalue weighted by Gasteiger charge is 2.21. The van der Waals surface area contributed by atoms with Crippen LogP contribution in [-0.2, 0) is 7.05 Å². The molecule has 0 saturated carbocycles. The molecule has 1 aliphatic heterocycles. The van der Waals surface area contributed by atoms with Gasteiger partial charge in [0.2, 0.25) is 0 Å². The third-order valence-electron chi connectivity index (χ3n) is 3.37. The molecule has 1 atom stereocenters. The third kappa shape index (κ3) is 1.74. The van der Waals surface area contributed by atoms with Crippen molar-refractivity contribution in [3.8, 4) is 0 Å². The Morgan fingerprint density at radius 2 is 2.35 bits per heavy atom. The number of aromatic nitrogens is 4. The van der Waals surface area contributed by atoms with Crippen molar-refractivity contribution in [2.24, 2.45) is 7.05 Å². The highest BCUT2D eigenvalue weighted by atomic mass is 32.2. The standard InChI is InChI=1S/C11H16N4S2/c1-7-9-10(14(2)13-7)15(11(16)12-9)8-4-3-5-17-6-8/h8H,3-6H2,1-2H3,(H,12,16). The number of H-pyrrole nitrogens is 1. The number of aryl methyl sites for hydroxylation is 2. The van der Waals surface area contributed by atoms with Crippen molar-refractivity contribution in [3.63, 3.8) is 0 Å². The number of nitrogens with one attached hydrogen (secondary N) is 1. The van der Waals surface area contributed by atoms with E-state index in [1.165, 1.54) is 18.6 Å². The van der Waals surface area contributed by atoms with Crippen LogP contribution in [0.25, 0.3) is 11.2 Å². The number of hydrogen-bond acceptors (Lipinski definition) is 3. The van der Waals surface area contributed by atoms with Gasteiger partial charge < -0.3 is 4.98 Å². The van der Waals surface area contributed by atoms with Gasteiger partial charge in [0.15, 0.2) is 10.4 Å². The second-order valence-corrected chi connectivity index (χ2v) is 6.12. The second kappa shape index (κ2) is 4.17. The van der Waals surface area contributed by atoms with Crippen LogP contribution in [0.3, 0.4) is 0 Å². The van der Waals surface area contributed by atoms with Crippen LogP contribution in [0.4, 0.5) is 0 Å². The molecule has 1 fully saturated rings. The zero-order chi connectivity index (χ0) is 12.0. The zero-order valence-electron chi connectivity index (χ0n) is 10.1. The first-order valence-electron chi connectivity index (χ1n) is 5.90. The molecule has 3 rings (SSSR count). The minimum Gasteiger partial charge on any atom is -0.328 e. The lowest BCUT2D eigenvalue weighted by Gasteiger charge is -2.23. The molecule has 1 unspecified atom stereocenters. The average molecular weight is 268 g/mol. The molecule has 0 bridgehead atoms. The molecule has 1 saturated heterocycles. The monoisotopic (exact) mass is 268 g/mol. The highest BCUT2D eigenvalue weighted by molar-refractivity contribution is 7.99. The van der Waals surface area contributed by atoms with Gasteiger partial charge in [-0.15, -0.1) is 0 Å². The largest absolute Gasteiger partial charge is 0.328 e. The third-order valence-corrected chi connectivity index (χ3v) is 4.87. The SMILES string of the molecule is Cc1nn(C)c2c1[nH]c(=S)n2C1CCCSC1. The van der Waals surface area contributed by atoms with E-state index in [9.17, 15) is 0 Å². The summed E-state index contributed by atoms with van der Waals surface area (Å²) in [7, 11) is 1.99. The van der Waals surface area contributed by atoms with Gasteiger partial charge in [-0.2, -0.15) is 16.9 Å². The van der Waals surface area contributed by atoms with E-state index in [2.05, 4.69) is 14.6 Å². The summed E-state index contributed by atoms with van der Waals surface area (Å²) < 4.78 is 5.04. The second-order valence-electron chi connectivity index (χ2n) is 4.58. The number of hydrogen-bond donors (Lipinski definition) is 1. The van der Waals surface area contributed by atoms with E-state index in [0.717, 1.165) is 27.4 Å². The Morgan fingerprint density at radius 1 is 1.53 bits per heavy atom. The Kier molecular flexibility index (Phi) is 2.78. The normalized spacial score (nSPS) is 21.2. The minimum atomic E-state index is 0.518. The highest BCUT2D eigenvalue weighted by Crippen LogP contribution is 2.30. The lowest BCUT2D eigenvalue weighted by atomic mass is 10.2. The summed E-state index contributed by atoms with van der Waals surface area (Å²) in [4.78, 5) is 3.30. The molecule has 0 aromatic carbocycles. The molecule has 3 heterocycles. The van der Waals surface area contributed by atoms with Gasteiger partial charge in [0.1, 0.15) is 5.52 Å².